The van der Waals surface area contributed by atoms with E-state index < -0.39 is 0 Å². The first-order chi connectivity index (χ1) is 26.1. The lowest BCUT2D eigenvalue weighted by Crippen LogP contribution is -2.05. The van der Waals surface area contributed by atoms with Crippen molar-refractivity contribution in [3.63, 3.8) is 0 Å². The summed E-state index contributed by atoms with van der Waals surface area (Å²) in [6, 6.07) is 48.1. The number of nitrogen functional groups attached to an aromatic ring is 1. The minimum atomic E-state index is 0. The molecule has 8 heteroatoms. The second-order valence-corrected chi connectivity index (χ2v) is 13.6. The van der Waals surface area contributed by atoms with Crippen LogP contribution < -0.4 is 5.73 Å². The summed E-state index contributed by atoms with van der Waals surface area (Å²) in [5, 5.41) is 17.7. The maximum Gasteiger partial charge on any atom is 0.169 e. The topological polar surface area (TPSA) is 81.5 Å². The summed E-state index contributed by atoms with van der Waals surface area (Å²) in [5.74, 6) is 1.74. The van der Waals surface area contributed by atoms with Crippen LogP contribution >= 0.6 is 23.2 Å². The minimum Gasteiger partial charge on any atom is -0.398 e. The average molecular weight is 768 g/mol. The number of aryl methyl sites for hydroxylation is 6. The van der Waals surface area contributed by atoms with Crippen molar-refractivity contribution in [2.45, 2.75) is 49.0 Å². The summed E-state index contributed by atoms with van der Waals surface area (Å²) in [5.41, 5.74) is 18.5. The smallest absolute Gasteiger partial charge is 0.169 e. The molecule has 55 heavy (non-hydrogen) atoms. The van der Waals surface area contributed by atoms with E-state index in [1.807, 2.05) is 118 Å². The molecule has 0 unspecified atom stereocenters. The summed E-state index contributed by atoms with van der Waals surface area (Å²) in [4.78, 5) is 0. The largest absolute Gasteiger partial charge is 0.398 e. The van der Waals surface area contributed by atoms with Crippen molar-refractivity contribution in [1.29, 1.82) is 0 Å². The number of hydrogen-bond donors (Lipinski definition) is 1. The lowest BCUT2D eigenvalue weighted by molar-refractivity contribution is 1.03. The van der Waals surface area contributed by atoms with Gasteiger partial charge in [0, 0.05) is 27.9 Å². The summed E-state index contributed by atoms with van der Waals surface area (Å²) in [6.45, 7) is 12.4. The number of benzene rings is 6. The van der Waals surface area contributed by atoms with Gasteiger partial charge in [-0.1, -0.05) is 176 Å². The molecular weight excluding hydrogens is 719 g/mol. The van der Waals surface area contributed by atoms with Crippen LogP contribution in [-0.2, 0) is 0 Å². The zero-order valence-corrected chi connectivity index (χ0v) is 32.9. The number of nitrogens with two attached hydrogens (primary N) is 1. The average Bonchev–Trinajstić information content (AvgIpc) is 3.61. The van der Waals surface area contributed by atoms with Crippen molar-refractivity contribution >= 4 is 39.2 Å². The number of nitrogens with zero attached hydrogens (tertiary/aromatic N) is 5. The Balaban J connectivity index is 0.000000203. The van der Waals surface area contributed by atoms with Crippen LogP contribution in [0.1, 0.15) is 51.9 Å². The zero-order valence-electron chi connectivity index (χ0n) is 31.4. The molecule has 6 aromatic carbocycles. The van der Waals surface area contributed by atoms with Crippen molar-refractivity contribution in [2.75, 3.05) is 5.73 Å². The SMILES string of the molecule is C.Cc1cccc(C)c1N.Cc1ccccc1-c1nnc(-c2ccccc2)n1-c1c(C)cccc1C.Cc1ccccc1/C(Cl)=N/N=C(\Cl)c1ccccc1. The first kappa shape index (κ1) is 41.9. The van der Waals surface area contributed by atoms with Crippen LogP contribution in [0, 0.1) is 41.5 Å². The highest BCUT2D eigenvalue weighted by atomic mass is 35.5. The van der Waals surface area contributed by atoms with Gasteiger partial charge >= 0.3 is 0 Å². The molecule has 6 nitrogen and oxygen atoms in total. The normalized spacial score (nSPS) is 11.1. The molecule has 1 aromatic heterocycles. The number of hydrogen-bond acceptors (Lipinski definition) is 5. The maximum atomic E-state index is 6.13. The highest BCUT2D eigenvalue weighted by Gasteiger charge is 2.20. The quantitative estimate of drug-likeness (QED) is 0.104. The van der Waals surface area contributed by atoms with Crippen LogP contribution in [0.4, 0.5) is 5.69 Å². The fourth-order valence-electron chi connectivity index (χ4n) is 5.83. The molecule has 0 fully saturated rings. The molecule has 0 saturated heterocycles. The fourth-order valence-corrected chi connectivity index (χ4v) is 6.25. The van der Waals surface area contributed by atoms with Gasteiger partial charge in [0.15, 0.2) is 22.0 Å². The monoisotopic (exact) mass is 766 g/mol. The molecule has 0 aliphatic rings. The van der Waals surface area contributed by atoms with Gasteiger partial charge in [-0.15, -0.1) is 20.4 Å². The molecule has 0 bridgehead atoms. The molecule has 1 heterocycles. The Morgan fingerprint density at radius 1 is 0.491 bits per heavy atom. The molecule has 0 saturated carbocycles. The van der Waals surface area contributed by atoms with Crippen molar-refractivity contribution < 1.29 is 0 Å². The third-order valence-corrected chi connectivity index (χ3v) is 9.46. The molecule has 7 aromatic rings. The van der Waals surface area contributed by atoms with E-state index in [9.17, 15) is 0 Å². The second-order valence-electron chi connectivity index (χ2n) is 12.9. The van der Waals surface area contributed by atoms with Gasteiger partial charge in [-0.05, 0) is 74.9 Å². The third kappa shape index (κ3) is 10.7. The highest BCUT2D eigenvalue weighted by Crippen LogP contribution is 2.32. The fraction of sp³-hybridized carbons (Fsp3) is 0.149. The Hall–Kier alpha value is -5.82. The molecule has 0 amide bonds. The Bertz CT molecular complexity index is 2340. The van der Waals surface area contributed by atoms with Crippen molar-refractivity contribution in [2.24, 2.45) is 10.2 Å². The lowest BCUT2D eigenvalue weighted by Gasteiger charge is -2.16. The third-order valence-electron chi connectivity index (χ3n) is 8.89. The summed E-state index contributed by atoms with van der Waals surface area (Å²) in [6.07, 6.45) is 0. The van der Waals surface area contributed by atoms with E-state index in [1.54, 1.807) is 0 Å². The summed E-state index contributed by atoms with van der Waals surface area (Å²) < 4.78 is 2.20. The van der Waals surface area contributed by atoms with Crippen LogP contribution in [0.25, 0.3) is 28.5 Å². The number of anilines is 1. The lowest BCUT2D eigenvalue weighted by atomic mass is 10.1. The van der Waals surface area contributed by atoms with Gasteiger partial charge in [-0.3, -0.25) is 4.57 Å². The van der Waals surface area contributed by atoms with Gasteiger partial charge in [-0.25, -0.2) is 0 Å². The molecular formula is C47H48Cl2N6. The maximum absolute atomic E-state index is 6.13. The van der Waals surface area contributed by atoms with Crippen LogP contribution in [0.5, 0.6) is 0 Å². The van der Waals surface area contributed by atoms with Crippen molar-refractivity contribution in [1.82, 2.24) is 14.8 Å². The van der Waals surface area contributed by atoms with Crippen LogP contribution in [0.2, 0.25) is 0 Å². The van der Waals surface area contributed by atoms with Crippen molar-refractivity contribution in [3.8, 4) is 28.5 Å². The van der Waals surface area contributed by atoms with E-state index >= 15 is 0 Å². The standard InChI is InChI=1S/C23H21N3.C15H12Cl2N2.C8H11N.CH4/c1-16-10-7-8-15-20(16)23-25-24-22(19-13-5-4-6-14-19)26(23)21-17(2)11-9-12-18(21)3;1-11-7-5-6-10-13(11)15(17)19-18-14(16)12-8-3-2-4-9-12;1-6-4-3-5-7(2)8(6)9;/h4-15H,1-3H3;2-10H,1H3;3-5H,9H2,1-2H3;1H4/b;18-14-,19-15-;;. The predicted octanol–water partition coefficient (Wildman–Crippen LogP) is 12.6. The number of halogens is 2. The van der Waals surface area contributed by atoms with Gasteiger partial charge < -0.3 is 5.73 Å². The van der Waals surface area contributed by atoms with E-state index in [0.29, 0.717) is 10.3 Å². The first-order valence-corrected chi connectivity index (χ1v) is 18.4. The molecule has 2 N–H and O–H groups in total. The van der Waals surface area contributed by atoms with Crippen molar-refractivity contribution in [3.05, 3.63) is 190 Å². The summed E-state index contributed by atoms with van der Waals surface area (Å²) >= 11 is 12.2. The Morgan fingerprint density at radius 3 is 1.51 bits per heavy atom. The second kappa shape index (κ2) is 20.0. The van der Waals surface area contributed by atoms with Crippen LogP contribution in [-0.4, -0.2) is 25.1 Å². The predicted molar refractivity (Wildman–Crippen MR) is 236 cm³/mol. The van der Waals surface area contributed by atoms with Crippen LogP contribution in [0.15, 0.2) is 156 Å². The Labute approximate surface area is 336 Å². The number of aromatic nitrogens is 3. The zero-order chi connectivity index (χ0) is 38.6. The molecule has 0 aliphatic carbocycles. The molecule has 0 radical (unpaired) electrons. The van der Waals surface area contributed by atoms with Gasteiger partial charge in [-0.2, -0.15) is 0 Å². The highest BCUT2D eigenvalue weighted by molar-refractivity contribution is 6.71. The van der Waals surface area contributed by atoms with E-state index in [0.717, 1.165) is 62.0 Å². The van der Waals surface area contributed by atoms with Gasteiger partial charge in [0.05, 0.1) is 5.69 Å². The first-order valence-electron chi connectivity index (χ1n) is 17.6. The van der Waals surface area contributed by atoms with E-state index in [4.69, 9.17) is 28.9 Å². The van der Waals surface area contributed by atoms with Crippen LogP contribution in [0.3, 0.4) is 0 Å². The van der Waals surface area contributed by atoms with E-state index in [1.165, 1.54) is 16.7 Å². The molecule has 0 atom stereocenters. The van der Waals surface area contributed by atoms with Gasteiger partial charge in [0.25, 0.3) is 0 Å². The van der Waals surface area contributed by atoms with E-state index in [2.05, 4.69) is 94.3 Å². The molecule has 280 valence electrons. The minimum absolute atomic E-state index is 0. The Morgan fingerprint density at radius 2 is 0.945 bits per heavy atom. The Kier molecular flexibility index (Phi) is 15.3. The number of rotatable bonds is 6. The van der Waals surface area contributed by atoms with Gasteiger partial charge in [0.2, 0.25) is 0 Å². The molecule has 0 spiro atoms. The summed E-state index contributed by atoms with van der Waals surface area (Å²) in [7, 11) is 0. The van der Waals surface area contributed by atoms with Gasteiger partial charge in [0.1, 0.15) is 0 Å². The molecule has 7 rings (SSSR count). The number of para-hydroxylation sites is 2. The van der Waals surface area contributed by atoms with E-state index in [-0.39, 0.29) is 7.43 Å². The molecule has 0 aliphatic heterocycles.